The third kappa shape index (κ3) is 4.51. The lowest BCUT2D eigenvalue weighted by molar-refractivity contribution is 0.575. The van der Waals surface area contributed by atoms with Crippen molar-refractivity contribution in [3.63, 3.8) is 0 Å². The molecule has 2 aromatic rings. The molecule has 0 aliphatic rings. The van der Waals surface area contributed by atoms with Crippen molar-refractivity contribution in [2.45, 2.75) is 17.4 Å². The molecule has 0 spiro atoms. The molecule has 0 amide bonds. The van der Waals surface area contributed by atoms with Crippen LogP contribution in [0.3, 0.4) is 0 Å². The van der Waals surface area contributed by atoms with Gasteiger partial charge in [-0.15, -0.1) is 11.8 Å². The second-order valence-electron chi connectivity index (χ2n) is 4.17. The second-order valence-corrected chi connectivity index (χ2v) is 5.64. The summed E-state index contributed by atoms with van der Waals surface area (Å²) >= 11 is 7.83. The van der Waals surface area contributed by atoms with Crippen molar-refractivity contribution in [2.75, 3.05) is 5.75 Å². The lowest BCUT2D eigenvalue weighted by atomic mass is 10.1. The van der Waals surface area contributed by atoms with Crippen LogP contribution in [0.4, 0.5) is 0 Å². The number of aromatic nitrogens is 1. The fourth-order valence-corrected chi connectivity index (χ4v) is 3.00. The van der Waals surface area contributed by atoms with Crippen LogP contribution in [0, 0.1) is 0 Å². The lowest BCUT2D eigenvalue weighted by Crippen LogP contribution is -2.38. The maximum atomic E-state index is 6.13. The predicted octanol–water partition coefficient (Wildman–Crippen LogP) is 2.90. The van der Waals surface area contributed by atoms with E-state index in [9.17, 15) is 0 Å². The Bertz CT molecular complexity index is 507. The van der Waals surface area contributed by atoms with Gasteiger partial charge in [0.25, 0.3) is 0 Å². The van der Waals surface area contributed by atoms with Crippen LogP contribution in [0.2, 0.25) is 5.02 Å². The molecule has 0 fully saturated rings. The number of nitrogens with zero attached hydrogens (tertiary/aromatic N) is 1. The minimum absolute atomic E-state index is 0.186. The average molecular weight is 294 g/mol. The van der Waals surface area contributed by atoms with Crippen LogP contribution in [0.5, 0.6) is 0 Å². The van der Waals surface area contributed by atoms with E-state index < -0.39 is 0 Å². The summed E-state index contributed by atoms with van der Waals surface area (Å²) in [5, 5.41) is 0.782. The topological polar surface area (TPSA) is 50.9 Å². The zero-order valence-corrected chi connectivity index (χ0v) is 12.0. The zero-order chi connectivity index (χ0) is 13.5. The van der Waals surface area contributed by atoms with E-state index in [2.05, 4.69) is 16.5 Å². The third-order valence-electron chi connectivity index (χ3n) is 2.72. The highest BCUT2D eigenvalue weighted by Crippen LogP contribution is 2.27. The molecular weight excluding hydrogens is 278 g/mol. The third-order valence-corrected chi connectivity index (χ3v) is 4.39. The van der Waals surface area contributed by atoms with Crippen molar-refractivity contribution in [1.82, 2.24) is 10.4 Å². The Morgan fingerprint density at radius 1 is 1.26 bits per heavy atom. The molecule has 1 aromatic heterocycles. The van der Waals surface area contributed by atoms with Crippen molar-refractivity contribution in [3.05, 3.63) is 59.4 Å². The summed E-state index contributed by atoms with van der Waals surface area (Å²) in [6.07, 6.45) is 4.49. The molecule has 0 aliphatic carbocycles. The zero-order valence-electron chi connectivity index (χ0n) is 10.4. The number of hydrogen-bond donors (Lipinski definition) is 2. The Hall–Kier alpha value is -1.07. The van der Waals surface area contributed by atoms with Crippen LogP contribution >= 0.6 is 23.4 Å². The molecule has 19 heavy (non-hydrogen) atoms. The average Bonchev–Trinajstić information content (AvgIpc) is 2.46. The highest BCUT2D eigenvalue weighted by Gasteiger charge is 2.09. The fraction of sp³-hybridized carbons (Fsp3) is 0.214. The molecule has 0 bridgehead atoms. The van der Waals surface area contributed by atoms with Crippen LogP contribution in [-0.4, -0.2) is 16.8 Å². The van der Waals surface area contributed by atoms with Gasteiger partial charge in [-0.1, -0.05) is 29.8 Å². The smallest absolute Gasteiger partial charge is 0.0541 e. The normalized spacial score (nSPS) is 12.3. The van der Waals surface area contributed by atoms with Crippen molar-refractivity contribution in [3.8, 4) is 0 Å². The van der Waals surface area contributed by atoms with E-state index in [1.165, 1.54) is 5.56 Å². The first kappa shape index (κ1) is 14.3. The van der Waals surface area contributed by atoms with Gasteiger partial charge >= 0.3 is 0 Å². The van der Waals surface area contributed by atoms with E-state index in [0.29, 0.717) is 0 Å². The van der Waals surface area contributed by atoms with Crippen LogP contribution in [0.15, 0.2) is 53.7 Å². The highest BCUT2D eigenvalue weighted by molar-refractivity contribution is 7.99. The summed E-state index contributed by atoms with van der Waals surface area (Å²) in [7, 11) is 0. The number of nitrogens with two attached hydrogens (primary N) is 1. The number of benzene rings is 1. The minimum Gasteiger partial charge on any atom is -0.271 e. The highest BCUT2D eigenvalue weighted by atomic mass is 35.5. The van der Waals surface area contributed by atoms with Gasteiger partial charge in [0.15, 0.2) is 0 Å². The van der Waals surface area contributed by atoms with Gasteiger partial charge in [0.2, 0.25) is 0 Å². The molecule has 100 valence electrons. The Balaban J connectivity index is 1.91. The van der Waals surface area contributed by atoms with Crippen LogP contribution in [0.25, 0.3) is 0 Å². The number of pyridine rings is 1. The molecule has 0 saturated heterocycles. The first-order valence-electron chi connectivity index (χ1n) is 6.02. The lowest BCUT2D eigenvalue weighted by Gasteiger charge is -2.15. The van der Waals surface area contributed by atoms with Crippen molar-refractivity contribution < 1.29 is 0 Å². The number of hydrogen-bond acceptors (Lipinski definition) is 4. The Labute approximate surface area is 122 Å². The van der Waals surface area contributed by atoms with Gasteiger partial charge in [0, 0.05) is 29.1 Å². The Morgan fingerprint density at radius 3 is 2.79 bits per heavy atom. The minimum atomic E-state index is 0.186. The first-order chi connectivity index (χ1) is 9.29. The molecule has 0 aliphatic heterocycles. The number of rotatable bonds is 6. The summed E-state index contributed by atoms with van der Waals surface area (Å²) in [5.41, 5.74) is 4.02. The van der Waals surface area contributed by atoms with Gasteiger partial charge in [-0.25, -0.2) is 0 Å². The molecular formula is C14H16ClN3S. The van der Waals surface area contributed by atoms with Crippen LogP contribution in [-0.2, 0) is 6.42 Å². The number of thioether (sulfide) groups is 1. The van der Waals surface area contributed by atoms with Crippen molar-refractivity contribution in [2.24, 2.45) is 5.84 Å². The summed E-state index contributed by atoms with van der Waals surface area (Å²) < 4.78 is 0. The molecule has 5 heteroatoms. The molecule has 1 atom stereocenters. The van der Waals surface area contributed by atoms with E-state index in [4.69, 9.17) is 17.4 Å². The van der Waals surface area contributed by atoms with Gasteiger partial charge in [0.1, 0.15) is 0 Å². The van der Waals surface area contributed by atoms with Crippen molar-refractivity contribution >= 4 is 23.4 Å². The van der Waals surface area contributed by atoms with E-state index >= 15 is 0 Å². The summed E-state index contributed by atoms with van der Waals surface area (Å²) in [6, 6.07) is 12.0. The standard InChI is InChI=1S/C14H16ClN3S/c15-13-5-1-2-6-14(13)19-10-12(18-16)8-11-4-3-7-17-9-11/h1-7,9,12,18H,8,10,16H2. The molecule has 2 rings (SSSR count). The summed E-state index contributed by atoms with van der Waals surface area (Å²) in [4.78, 5) is 5.19. The van der Waals surface area contributed by atoms with Gasteiger partial charge in [0.05, 0.1) is 5.02 Å². The van der Waals surface area contributed by atoms with Gasteiger partial charge in [-0.2, -0.15) is 0 Å². The molecule has 3 N–H and O–H groups in total. The summed E-state index contributed by atoms with van der Waals surface area (Å²) in [6.45, 7) is 0. The Morgan fingerprint density at radius 2 is 2.11 bits per heavy atom. The maximum Gasteiger partial charge on any atom is 0.0541 e. The number of hydrazine groups is 1. The number of nitrogens with one attached hydrogen (secondary N) is 1. The molecule has 0 radical (unpaired) electrons. The summed E-state index contributed by atoms with van der Waals surface area (Å²) in [5.74, 6) is 6.46. The van der Waals surface area contributed by atoms with Crippen molar-refractivity contribution in [1.29, 1.82) is 0 Å². The van der Waals surface area contributed by atoms with Crippen LogP contribution in [0.1, 0.15) is 5.56 Å². The predicted molar refractivity (Wildman–Crippen MR) is 81.2 cm³/mol. The van der Waals surface area contributed by atoms with E-state index in [0.717, 1.165) is 22.1 Å². The van der Waals surface area contributed by atoms with E-state index in [-0.39, 0.29) is 6.04 Å². The first-order valence-corrected chi connectivity index (χ1v) is 7.38. The molecule has 1 aromatic carbocycles. The Kier molecular flexibility index (Phi) is 5.66. The van der Waals surface area contributed by atoms with Gasteiger partial charge in [-0.05, 0) is 30.2 Å². The van der Waals surface area contributed by atoms with Crippen LogP contribution < -0.4 is 11.3 Å². The monoisotopic (exact) mass is 293 g/mol. The molecule has 0 saturated carbocycles. The van der Waals surface area contributed by atoms with E-state index in [1.54, 1.807) is 18.0 Å². The van der Waals surface area contributed by atoms with E-state index in [1.807, 2.05) is 36.5 Å². The molecule has 1 heterocycles. The quantitative estimate of drug-likeness (QED) is 0.488. The second kappa shape index (κ2) is 7.50. The fourth-order valence-electron chi connectivity index (χ4n) is 1.72. The largest absolute Gasteiger partial charge is 0.271 e. The maximum absolute atomic E-state index is 6.13. The van der Waals surface area contributed by atoms with Gasteiger partial charge < -0.3 is 0 Å². The molecule has 1 unspecified atom stereocenters. The molecule has 3 nitrogen and oxygen atoms in total. The van der Waals surface area contributed by atoms with Gasteiger partial charge in [-0.3, -0.25) is 16.3 Å². The SMILES string of the molecule is NNC(CSc1ccccc1Cl)Cc1cccnc1. The number of halogens is 1.